The Kier molecular flexibility index (Phi) is 7.31. The third-order valence-corrected chi connectivity index (χ3v) is 3.97. The lowest BCUT2D eigenvalue weighted by Gasteiger charge is -2.19. The van der Waals surface area contributed by atoms with Crippen molar-refractivity contribution in [3.63, 3.8) is 0 Å². The summed E-state index contributed by atoms with van der Waals surface area (Å²) in [4.78, 5) is 36.2. The van der Waals surface area contributed by atoms with Crippen LogP contribution >= 0.6 is 0 Å². The number of benzene rings is 1. The van der Waals surface area contributed by atoms with Crippen LogP contribution in [0.1, 0.15) is 32.3 Å². The number of hydrogen-bond donors (Lipinski definition) is 2. The number of rotatable bonds is 9. The van der Waals surface area contributed by atoms with Crippen LogP contribution < -0.4 is 16.3 Å². The quantitative estimate of drug-likeness (QED) is 0.504. The number of amides is 1. The molecular formula is C20H23FN2O5. The lowest BCUT2D eigenvalue weighted by molar-refractivity contribution is -0.145. The summed E-state index contributed by atoms with van der Waals surface area (Å²) in [5, 5.41) is 5.86. The summed E-state index contributed by atoms with van der Waals surface area (Å²) in [5.74, 6) is -1.24. The van der Waals surface area contributed by atoms with Gasteiger partial charge in [0.15, 0.2) is 0 Å². The number of esters is 1. The smallest absolute Gasteiger partial charge is 0.345 e. The zero-order chi connectivity index (χ0) is 20.7. The predicted molar refractivity (Wildman–Crippen MR) is 103 cm³/mol. The van der Waals surface area contributed by atoms with E-state index >= 15 is 0 Å². The topological polar surface area (TPSA) is 97.6 Å². The molecule has 0 saturated heterocycles. The molecule has 0 aliphatic carbocycles. The number of halogens is 1. The maximum atomic E-state index is 13.5. The Morgan fingerprint density at radius 3 is 2.71 bits per heavy atom. The summed E-state index contributed by atoms with van der Waals surface area (Å²) in [7, 11) is 0. The van der Waals surface area contributed by atoms with E-state index in [9.17, 15) is 18.8 Å². The molecule has 0 radical (unpaired) electrons. The van der Waals surface area contributed by atoms with Gasteiger partial charge in [0.25, 0.3) is 0 Å². The molecule has 150 valence electrons. The fourth-order valence-electron chi connectivity index (χ4n) is 2.65. The van der Waals surface area contributed by atoms with Crippen molar-refractivity contribution < 1.29 is 23.1 Å². The molecule has 0 aliphatic heterocycles. The Morgan fingerprint density at radius 1 is 1.29 bits per heavy atom. The van der Waals surface area contributed by atoms with E-state index in [-0.39, 0.29) is 42.2 Å². The Balaban J connectivity index is 2.22. The van der Waals surface area contributed by atoms with E-state index in [0.717, 1.165) is 0 Å². The molecule has 0 bridgehead atoms. The first-order valence-electron chi connectivity index (χ1n) is 8.98. The summed E-state index contributed by atoms with van der Waals surface area (Å²) >= 11 is 0. The molecule has 7 nitrogen and oxygen atoms in total. The summed E-state index contributed by atoms with van der Waals surface area (Å²) in [6, 6.07) is 4.34. The molecule has 0 saturated carbocycles. The fraction of sp³-hybridized carbons (Fsp3) is 0.350. The Hall–Kier alpha value is -3.16. The van der Waals surface area contributed by atoms with Crippen molar-refractivity contribution in [2.24, 2.45) is 0 Å². The summed E-state index contributed by atoms with van der Waals surface area (Å²) in [6.45, 7) is 7.90. The number of carbonyl (C=O) groups excluding carboxylic acids is 2. The van der Waals surface area contributed by atoms with Gasteiger partial charge in [-0.2, -0.15) is 0 Å². The fourth-order valence-corrected chi connectivity index (χ4v) is 2.65. The standard InChI is InChI=1S/C20H23FN2O5/c1-4-22-18(24)9-7-16(20(26)27-5-2)23-12(3)15-11-13-10-14(21)6-8-17(13)28-19(15)25/h6,8,10-11,16,23H,3-5,7,9H2,1-2H3,(H,22,24)/t16-/m0/s1. The van der Waals surface area contributed by atoms with Crippen LogP contribution in [0.4, 0.5) is 4.39 Å². The first-order valence-corrected chi connectivity index (χ1v) is 8.98. The molecule has 1 amide bonds. The van der Waals surface area contributed by atoms with Crippen LogP contribution in [0, 0.1) is 5.82 Å². The highest BCUT2D eigenvalue weighted by molar-refractivity contribution is 5.83. The SMILES string of the molecule is C=C(N[C@@H](CCC(=O)NCC)C(=O)OCC)c1cc2cc(F)ccc2oc1=O. The van der Waals surface area contributed by atoms with E-state index in [2.05, 4.69) is 17.2 Å². The Bertz CT molecular complexity index is 938. The number of nitrogens with one attached hydrogen (secondary N) is 2. The molecule has 2 rings (SSSR count). The number of fused-ring (bicyclic) bond motifs is 1. The van der Waals surface area contributed by atoms with Gasteiger partial charge in [0.1, 0.15) is 17.4 Å². The van der Waals surface area contributed by atoms with E-state index in [1.807, 2.05) is 0 Å². The number of hydrogen-bond acceptors (Lipinski definition) is 6. The van der Waals surface area contributed by atoms with Crippen LogP contribution in [0.3, 0.4) is 0 Å². The molecule has 2 N–H and O–H groups in total. The molecule has 1 atom stereocenters. The average molecular weight is 390 g/mol. The van der Waals surface area contributed by atoms with Gasteiger partial charge < -0.3 is 19.8 Å². The first-order chi connectivity index (χ1) is 13.3. The number of carbonyl (C=O) groups is 2. The van der Waals surface area contributed by atoms with Crippen molar-refractivity contribution in [2.75, 3.05) is 13.2 Å². The van der Waals surface area contributed by atoms with Gasteiger partial charge in [0, 0.05) is 24.0 Å². The maximum Gasteiger partial charge on any atom is 0.345 e. The normalized spacial score (nSPS) is 11.7. The molecular weight excluding hydrogens is 367 g/mol. The zero-order valence-electron chi connectivity index (χ0n) is 15.8. The second-order valence-corrected chi connectivity index (χ2v) is 6.05. The van der Waals surface area contributed by atoms with Crippen LogP contribution in [-0.2, 0) is 14.3 Å². The van der Waals surface area contributed by atoms with E-state index in [1.54, 1.807) is 13.8 Å². The van der Waals surface area contributed by atoms with Crippen molar-refractivity contribution in [1.29, 1.82) is 0 Å². The van der Waals surface area contributed by atoms with Crippen molar-refractivity contribution in [3.05, 3.63) is 52.6 Å². The molecule has 1 aromatic carbocycles. The molecule has 1 heterocycles. The third-order valence-electron chi connectivity index (χ3n) is 3.97. The minimum absolute atomic E-state index is 0.0606. The largest absolute Gasteiger partial charge is 0.464 e. The third kappa shape index (κ3) is 5.42. The molecule has 0 aliphatic rings. The van der Waals surface area contributed by atoms with Crippen molar-refractivity contribution in [1.82, 2.24) is 10.6 Å². The van der Waals surface area contributed by atoms with Gasteiger partial charge in [0.2, 0.25) is 5.91 Å². The van der Waals surface area contributed by atoms with Gasteiger partial charge in [-0.1, -0.05) is 6.58 Å². The van der Waals surface area contributed by atoms with Gasteiger partial charge in [-0.15, -0.1) is 0 Å². The van der Waals surface area contributed by atoms with Crippen LogP contribution in [-0.4, -0.2) is 31.1 Å². The highest BCUT2D eigenvalue weighted by Crippen LogP contribution is 2.18. The minimum atomic E-state index is -0.877. The van der Waals surface area contributed by atoms with Gasteiger partial charge in [0.05, 0.1) is 12.2 Å². The predicted octanol–water partition coefficient (Wildman–Crippen LogP) is 2.34. The summed E-state index contributed by atoms with van der Waals surface area (Å²) in [5.41, 5.74) is -0.261. The Labute approximate surface area is 161 Å². The van der Waals surface area contributed by atoms with E-state index < -0.39 is 23.5 Å². The second-order valence-electron chi connectivity index (χ2n) is 6.05. The van der Waals surface area contributed by atoms with Gasteiger partial charge in [-0.25, -0.2) is 14.0 Å². The van der Waals surface area contributed by atoms with Crippen LogP contribution in [0.5, 0.6) is 0 Å². The lowest BCUT2D eigenvalue weighted by Crippen LogP contribution is -2.39. The van der Waals surface area contributed by atoms with Crippen molar-refractivity contribution in [3.8, 4) is 0 Å². The van der Waals surface area contributed by atoms with Crippen LogP contribution in [0.25, 0.3) is 16.7 Å². The molecule has 0 fully saturated rings. The molecule has 1 aromatic heterocycles. The molecule has 28 heavy (non-hydrogen) atoms. The van der Waals surface area contributed by atoms with Crippen LogP contribution in [0.15, 0.2) is 40.1 Å². The van der Waals surface area contributed by atoms with Gasteiger partial charge >= 0.3 is 11.6 Å². The minimum Gasteiger partial charge on any atom is -0.464 e. The average Bonchev–Trinajstić information content (AvgIpc) is 2.65. The first kappa shape index (κ1) is 21.1. The maximum absolute atomic E-state index is 13.5. The number of ether oxygens (including phenoxy) is 1. The van der Waals surface area contributed by atoms with E-state index in [1.165, 1.54) is 24.3 Å². The highest BCUT2D eigenvalue weighted by Gasteiger charge is 2.22. The Morgan fingerprint density at radius 2 is 2.04 bits per heavy atom. The van der Waals surface area contributed by atoms with E-state index in [4.69, 9.17) is 9.15 Å². The monoisotopic (exact) mass is 390 g/mol. The summed E-state index contributed by atoms with van der Waals surface area (Å²) < 4.78 is 23.7. The molecule has 0 unspecified atom stereocenters. The highest BCUT2D eigenvalue weighted by atomic mass is 19.1. The van der Waals surface area contributed by atoms with Crippen molar-refractivity contribution in [2.45, 2.75) is 32.7 Å². The van der Waals surface area contributed by atoms with Gasteiger partial charge in [-0.3, -0.25) is 4.79 Å². The molecule has 0 spiro atoms. The molecule has 2 aromatic rings. The second kappa shape index (κ2) is 9.68. The van der Waals surface area contributed by atoms with Crippen molar-refractivity contribution >= 4 is 28.5 Å². The van der Waals surface area contributed by atoms with Gasteiger partial charge in [-0.05, 0) is 44.5 Å². The zero-order valence-corrected chi connectivity index (χ0v) is 15.8. The summed E-state index contributed by atoms with van der Waals surface area (Å²) in [6.07, 6.45) is 0.242. The van der Waals surface area contributed by atoms with E-state index in [0.29, 0.717) is 11.9 Å². The lowest BCUT2D eigenvalue weighted by atomic mass is 10.1. The molecule has 8 heteroatoms. The van der Waals surface area contributed by atoms with Crippen LogP contribution in [0.2, 0.25) is 0 Å².